The Labute approximate surface area is 168 Å². The molecule has 4 nitrogen and oxygen atoms in total. The Kier molecular flexibility index (Phi) is 5.22. The van der Waals surface area contributed by atoms with Gasteiger partial charge >= 0.3 is 0 Å². The van der Waals surface area contributed by atoms with Gasteiger partial charge in [0, 0.05) is 21.9 Å². The van der Waals surface area contributed by atoms with Gasteiger partial charge in [0.15, 0.2) is 0 Å². The second-order valence-electron chi connectivity index (χ2n) is 7.11. The van der Waals surface area contributed by atoms with Gasteiger partial charge in [0.25, 0.3) is 5.91 Å². The number of carbonyl (C=O) groups is 1. The summed E-state index contributed by atoms with van der Waals surface area (Å²) < 4.78 is 16.0. The molecule has 1 unspecified atom stereocenters. The van der Waals surface area contributed by atoms with Gasteiger partial charge < -0.3 is 5.32 Å². The number of benzene rings is 2. The molecule has 0 bridgehead atoms. The molecule has 3 aromatic rings. The molecule has 0 radical (unpaired) electrons. The molecule has 1 aliphatic rings. The zero-order valence-electron chi connectivity index (χ0n) is 15.9. The predicted molar refractivity (Wildman–Crippen MR) is 109 cm³/mol. The van der Waals surface area contributed by atoms with Crippen LogP contribution in [-0.4, -0.2) is 21.4 Å². The van der Waals surface area contributed by atoms with Crippen LogP contribution in [0.15, 0.2) is 53.4 Å². The van der Waals surface area contributed by atoms with Crippen LogP contribution in [0.2, 0.25) is 0 Å². The van der Waals surface area contributed by atoms with Crippen LogP contribution < -0.4 is 5.32 Å². The zero-order valence-corrected chi connectivity index (χ0v) is 16.7. The molecule has 4 rings (SSSR count). The van der Waals surface area contributed by atoms with Crippen molar-refractivity contribution in [2.24, 2.45) is 0 Å². The van der Waals surface area contributed by atoms with E-state index < -0.39 is 0 Å². The summed E-state index contributed by atoms with van der Waals surface area (Å²) in [5.74, 6) is 0.437. The van der Waals surface area contributed by atoms with Crippen molar-refractivity contribution in [2.75, 3.05) is 5.75 Å². The Morgan fingerprint density at radius 2 is 2.07 bits per heavy atom. The lowest BCUT2D eigenvalue weighted by atomic mass is 10.0. The van der Waals surface area contributed by atoms with Crippen molar-refractivity contribution in [3.05, 3.63) is 82.4 Å². The number of thioether (sulfide) groups is 1. The molecule has 28 heavy (non-hydrogen) atoms. The molecule has 1 aromatic heterocycles. The van der Waals surface area contributed by atoms with Crippen molar-refractivity contribution in [1.82, 2.24) is 15.1 Å². The fourth-order valence-electron chi connectivity index (χ4n) is 3.60. The van der Waals surface area contributed by atoms with Crippen LogP contribution in [0.5, 0.6) is 0 Å². The number of rotatable bonds is 4. The third kappa shape index (κ3) is 3.83. The number of fused-ring (bicyclic) bond motifs is 1. The van der Waals surface area contributed by atoms with Crippen LogP contribution >= 0.6 is 11.8 Å². The minimum atomic E-state index is -0.215. The predicted octanol–water partition coefficient (Wildman–Crippen LogP) is 4.65. The van der Waals surface area contributed by atoms with E-state index in [1.807, 2.05) is 54.9 Å². The van der Waals surface area contributed by atoms with Crippen molar-refractivity contribution in [1.29, 1.82) is 0 Å². The van der Waals surface area contributed by atoms with E-state index >= 15 is 0 Å². The fourth-order valence-corrected chi connectivity index (χ4v) is 4.74. The monoisotopic (exact) mass is 395 g/mol. The van der Waals surface area contributed by atoms with Crippen LogP contribution in [0.4, 0.5) is 4.39 Å². The average Bonchev–Trinajstić information content (AvgIpc) is 2.99. The van der Waals surface area contributed by atoms with E-state index in [0.717, 1.165) is 34.7 Å². The average molecular weight is 396 g/mol. The second kappa shape index (κ2) is 7.80. The van der Waals surface area contributed by atoms with Gasteiger partial charge in [-0.1, -0.05) is 24.3 Å². The molecule has 0 fully saturated rings. The van der Waals surface area contributed by atoms with Crippen LogP contribution in [0.1, 0.15) is 45.3 Å². The number of hydrogen-bond acceptors (Lipinski definition) is 3. The van der Waals surface area contributed by atoms with Crippen molar-refractivity contribution >= 4 is 17.7 Å². The topological polar surface area (TPSA) is 46.9 Å². The number of halogens is 1. The van der Waals surface area contributed by atoms with E-state index in [9.17, 15) is 9.18 Å². The Morgan fingerprint density at radius 1 is 1.25 bits per heavy atom. The molecule has 2 heterocycles. The highest BCUT2D eigenvalue weighted by Gasteiger charge is 2.24. The molecule has 0 saturated carbocycles. The molecule has 1 aliphatic heterocycles. The first-order valence-electron chi connectivity index (χ1n) is 9.33. The van der Waals surface area contributed by atoms with E-state index in [1.165, 1.54) is 17.8 Å². The number of carbonyl (C=O) groups excluding carboxylic acids is 1. The van der Waals surface area contributed by atoms with Gasteiger partial charge in [-0.3, -0.25) is 9.48 Å². The molecule has 1 N–H and O–H groups in total. The highest BCUT2D eigenvalue weighted by atomic mass is 32.2. The maximum atomic E-state index is 14.1. The van der Waals surface area contributed by atoms with Crippen molar-refractivity contribution < 1.29 is 9.18 Å². The Morgan fingerprint density at radius 3 is 2.86 bits per heavy atom. The minimum Gasteiger partial charge on any atom is -0.345 e. The van der Waals surface area contributed by atoms with Gasteiger partial charge in [0.2, 0.25) is 0 Å². The van der Waals surface area contributed by atoms with Gasteiger partial charge in [-0.2, -0.15) is 5.10 Å². The van der Waals surface area contributed by atoms with Gasteiger partial charge in [0.1, 0.15) is 5.82 Å². The molecular formula is C22H22FN3OS. The molecule has 0 saturated heterocycles. The highest BCUT2D eigenvalue weighted by Crippen LogP contribution is 2.37. The van der Waals surface area contributed by atoms with E-state index in [2.05, 4.69) is 10.4 Å². The lowest BCUT2D eigenvalue weighted by molar-refractivity contribution is 0.0934. The first-order valence-corrected chi connectivity index (χ1v) is 10.3. The number of amides is 1. The number of aromatic nitrogens is 2. The molecule has 0 spiro atoms. The van der Waals surface area contributed by atoms with Gasteiger partial charge in [-0.25, -0.2) is 4.39 Å². The third-order valence-electron chi connectivity index (χ3n) is 4.96. The first-order chi connectivity index (χ1) is 13.5. The zero-order chi connectivity index (χ0) is 19.7. The molecule has 1 amide bonds. The van der Waals surface area contributed by atoms with Crippen molar-refractivity contribution in [3.63, 3.8) is 0 Å². The van der Waals surface area contributed by atoms with Gasteiger partial charge in [0.05, 0.1) is 18.3 Å². The van der Waals surface area contributed by atoms with Gasteiger partial charge in [-0.05, 0) is 55.7 Å². The fraction of sp³-hybridized carbons (Fsp3) is 0.273. The number of nitrogens with one attached hydrogen (secondary N) is 1. The summed E-state index contributed by atoms with van der Waals surface area (Å²) in [7, 11) is 0. The number of aryl methyl sites for hydroxylation is 2. The van der Waals surface area contributed by atoms with Gasteiger partial charge in [-0.15, -0.1) is 11.8 Å². The van der Waals surface area contributed by atoms with Crippen LogP contribution in [-0.2, 0) is 6.54 Å². The highest BCUT2D eigenvalue weighted by molar-refractivity contribution is 7.99. The Hall–Kier alpha value is -2.60. The smallest absolute Gasteiger partial charge is 0.251 e. The lowest BCUT2D eigenvalue weighted by Crippen LogP contribution is -2.31. The third-order valence-corrected chi connectivity index (χ3v) is 6.12. The maximum absolute atomic E-state index is 14.1. The summed E-state index contributed by atoms with van der Waals surface area (Å²) >= 11 is 1.51. The largest absolute Gasteiger partial charge is 0.345 e. The summed E-state index contributed by atoms with van der Waals surface area (Å²) in [4.78, 5) is 13.5. The summed E-state index contributed by atoms with van der Waals surface area (Å²) in [6.45, 7) is 4.61. The molecular weight excluding hydrogens is 373 g/mol. The SMILES string of the molecule is Cc1cc(C)n(Cc2cccc(C(=O)NC3CCSc4c(F)cccc43)c2)n1. The molecule has 0 aliphatic carbocycles. The molecule has 1 atom stereocenters. The van der Waals surface area contributed by atoms with E-state index in [1.54, 1.807) is 6.07 Å². The lowest BCUT2D eigenvalue weighted by Gasteiger charge is -2.26. The normalized spacial score (nSPS) is 15.9. The first kappa shape index (κ1) is 18.7. The summed E-state index contributed by atoms with van der Waals surface area (Å²) in [5.41, 5.74) is 4.56. The molecule has 6 heteroatoms. The number of nitrogens with zero attached hydrogens (tertiary/aromatic N) is 2. The standard InChI is InChI=1S/C22H22FN3OS/c1-14-11-15(2)26(25-14)13-16-5-3-6-17(12-16)22(27)24-20-9-10-28-21-18(20)7-4-8-19(21)23/h3-8,11-12,20H,9-10,13H2,1-2H3,(H,24,27). The second-order valence-corrected chi connectivity index (χ2v) is 8.21. The summed E-state index contributed by atoms with van der Waals surface area (Å²) in [5, 5.41) is 7.57. The minimum absolute atomic E-state index is 0.137. The Balaban J connectivity index is 1.52. The van der Waals surface area contributed by atoms with Crippen molar-refractivity contribution in [3.8, 4) is 0 Å². The van der Waals surface area contributed by atoms with E-state index in [-0.39, 0.29) is 17.8 Å². The maximum Gasteiger partial charge on any atom is 0.251 e. The van der Waals surface area contributed by atoms with Crippen LogP contribution in [0.3, 0.4) is 0 Å². The van der Waals surface area contributed by atoms with Crippen molar-refractivity contribution in [2.45, 2.75) is 37.8 Å². The number of hydrogen-bond donors (Lipinski definition) is 1. The van der Waals surface area contributed by atoms with Crippen LogP contribution in [0, 0.1) is 19.7 Å². The van der Waals surface area contributed by atoms with Crippen LogP contribution in [0.25, 0.3) is 0 Å². The molecule has 2 aromatic carbocycles. The Bertz CT molecular complexity index is 1030. The summed E-state index contributed by atoms with van der Waals surface area (Å²) in [6, 6.07) is 14.5. The van der Waals surface area contributed by atoms with E-state index in [0.29, 0.717) is 17.0 Å². The summed E-state index contributed by atoms with van der Waals surface area (Å²) in [6.07, 6.45) is 0.790. The quantitative estimate of drug-likeness (QED) is 0.699. The molecule has 144 valence electrons. The van der Waals surface area contributed by atoms with E-state index in [4.69, 9.17) is 0 Å².